The Morgan fingerprint density at radius 1 is 0.793 bits per heavy atom. The quantitative estimate of drug-likeness (QED) is 0.452. The van der Waals surface area contributed by atoms with E-state index in [1.54, 1.807) is 6.07 Å². The molecule has 0 atom stereocenters. The number of nitrogens with one attached hydrogen (secondary N) is 2. The highest BCUT2D eigenvalue weighted by Gasteiger charge is 2.20. The van der Waals surface area contributed by atoms with Gasteiger partial charge in [-0.05, 0) is 59.0 Å². The molecule has 0 saturated heterocycles. The topological polar surface area (TPSA) is 122 Å². The maximum atomic E-state index is 12.9. The molecule has 0 aliphatic rings. The molecule has 7 nitrogen and oxygen atoms in total. The van der Waals surface area contributed by atoms with Crippen LogP contribution >= 0.6 is 0 Å². The zero-order valence-electron chi connectivity index (χ0n) is 15.0. The average molecular weight is 428 g/mol. The minimum absolute atomic E-state index is 0.00777. The van der Waals surface area contributed by atoms with Gasteiger partial charge in [-0.1, -0.05) is 30.3 Å². The van der Waals surface area contributed by atoms with E-state index < -0.39 is 20.0 Å². The van der Waals surface area contributed by atoms with Crippen molar-refractivity contribution in [3.63, 3.8) is 0 Å². The first-order valence-electron chi connectivity index (χ1n) is 8.56. The van der Waals surface area contributed by atoms with Crippen molar-refractivity contribution in [1.29, 1.82) is 0 Å². The minimum Gasteiger partial charge on any atom is -0.361 e. The number of anilines is 1. The number of hydrogen-bond acceptors (Lipinski definition) is 4. The summed E-state index contributed by atoms with van der Waals surface area (Å²) in [6, 6.07) is 19.7. The predicted octanol–water partition coefficient (Wildman–Crippen LogP) is 3.28. The predicted molar refractivity (Wildman–Crippen MR) is 112 cm³/mol. The number of aromatic nitrogens is 1. The summed E-state index contributed by atoms with van der Waals surface area (Å²) in [5.41, 5.74) is 2.46. The Bertz CT molecular complexity index is 1420. The first-order valence-corrected chi connectivity index (χ1v) is 11.6. The third-order valence-electron chi connectivity index (χ3n) is 4.47. The molecule has 29 heavy (non-hydrogen) atoms. The maximum Gasteiger partial charge on any atom is 0.261 e. The molecule has 4 N–H and O–H groups in total. The fourth-order valence-corrected chi connectivity index (χ4v) is 4.96. The second-order valence-electron chi connectivity index (χ2n) is 6.45. The van der Waals surface area contributed by atoms with Crippen molar-refractivity contribution < 1.29 is 16.8 Å². The lowest BCUT2D eigenvalue weighted by Gasteiger charge is -2.12. The van der Waals surface area contributed by atoms with Crippen molar-refractivity contribution in [3.05, 3.63) is 79.0 Å². The van der Waals surface area contributed by atoms with Gasteiger partial charge >= 0.3 is 0 Å². The van der Waals surface area contributed by atoms with Crippen LogP contribution in [0.2, 0.25) is 0 Å². The molecule has 9 heteroatoms. The smallest absolute Gasteiger partial charge is 0.261 e. The summed E-state index contributed by atoms with van der Waals surface area (Å²) in [6.45, 7) is 0. The third-order valence-corrected chi connectivity index (χ3v) is 6.80. The monoisotopic (exact) mass is 427 g/mol. The molecule has 0 radical (unpaired) electrons. The molecule has 0 fully saturated rings. The van der Waals surface area contributed by atoms with Gasteiger partial charge in [-0.25, -0.2) is 22.0 Å². The van der Waals surface area contributed by atoms with E-state index in [2.05, 4.69) is 9.71 Å². The van der Waals surface area contributed by atoms with Gasteiger partial charge < -0.3 is 4.98 Å². The molecule has 148 valence electrons. The number of rotatable bonds is 5. The summed E-state index contributed by atoms with van der Waals surface area (Å²) in [4.78, 5) is 2.83. The standard InChI is InChI=1S/C20H17N3O4S2/c21-28(24,25)20-7-2-1-6-19(20)23-29(26,27)17-5-3-4-14(13-17)15-8-9-18-16(12-15)10-11-22-18/h1-13,22-23H,(H2,21,24,25). The van der Waals surface area contributed by atoms with Gasteiger partial charge in [0.25, 0.3) is 10.0 Å². The van der Waals surface area contributed by atoms with Crippen LogP contribution < -0.4 is 9.86 Å². The summed E-state index contributed by atoms with van der Waals surface area (Å²) in [5, 5.41) is 6.20. The fourth-order valence-electron chi connectivity index (χ4n) is 3.08. The van der Waals surface area contributed by atoms with Gasteiger partial charge in [0.2, 0.25) is 10.0 Å². The molecular weight excluding hydrogens is 410 g/mol. The van der Waals surface area contributed by atoms with Crippen LogP contribution in [0.25, 0.3) is 22.0 Å². The van der Waals surface area contributed by atoms with Crippen molar-refractivity contribution in [2.45, 2.75) is 9.79 Å². The van der Waals surface area contributed by atoms with Crippen LogP contribution in [0.3, 0.4) is 0 Å². The molecule has 3 aromatic carbocycles. The Labute approximate surface area is 168 Å². The van der Waals surface area contributed by atoms with Gasteiger partial charge in [-0.15, -0.1) is 0 Å². The van der Waals surface area contributed by atoms with E-state index in [4.69, 9.17) is 5.14 Å². The summed E-state index contributed by atoms with van der Waals surface area (Å²) in [7, 11) is -8.12. The average Bonchev–Trinajstić information content (AvgIpc) is 3.15. The van der Waals surface area contributed by atoms with E-state index in [-0.39, 0.29) is 15.5 Å². The largest absolute Gasteiger partial charge is 0.361 e. The summed E-state index contributed by atoms with van der Waals surface area (Å²) in [5.74, 6) is 0. The fraction of sp³-hybridized carbons (Fsp3) is 0. The SMILES string of the molecule is NS(=O)(=O)c1ccccc1NS(=O)(=O)c1cccc(-c2ccc3[nH]ccc3c2)c1. The second-order valence-corrected chi connectivity index (χ2v) is 9.67. The molecule has 0 bridgehead atoms. The zero-order valence-corrected chi connectivity index (χ0v) is 16.7. The van der Waals surface area contributed by atoms with Crippen molar-refractivity contribution in [1.82, 2.24) is 4.98 Å². The number of hydrogen-bond donors (Lipinski definition) is 3. The van der Waals surface area contributed by atoms with Crippen molar-refractivity contribution in [3.8, 4) is 11.1 Å². The van der Waals surface area contributed by atoms with Crippen molar-refractivity contribution in [2.75, 3.05) is 4.72 Å². The first kappa shape index (κ1) is 19.2. The van der Waals surface area contributed by atoms with Crippen LogP contribution in [0.15, 0.2) is 88.8 Å². The summed E-state index contributed by atoms with van der Waals surface area (Å²) in [6.07, 6.45) is 1.84. The summed E-state index contributed by atoms with van der Waals surface area (Å²) >= 11 is 0. The molecule has 4 rings (SSSR count). The van der Waals surface area contributed by atoms with Gasteiger partial charge in [-0.3, -0.25) is 4.72 Å². The van der Waals surface area contributed by atoms with E-state index in [0.29, 0.717) is 0 Å². The Kier molecular flexibility index (Phi) is 4.65. The van der Waals surface area contributed by atoms with Gasteiger partial charge in [0.15, 0.2) is 0 Å². The molecule has 0 amide bonds. The van der Waals surface area contributed by atoms with Gasteiger partial charge in [0.1, 0.15) is 4.90 Å². The summed E-state index contributed by atoms with van der Waals surface area (Å²) < 4.78 is 51.6. The van der Waals surface area contributed by atoms with Crippen LogP contribution in [0.1, 0.15) is 0 Å². The van der Waals surface area contributed by atoms with Gasteiger partial charge in [-0.2, -0.15) is 0 Å². The van der Waals surface area contributed by atoms with Gasteiger partial charge in [0.05, 0.1) is 10.6 Å². The van der Waals surface area contributed by atoms with Crippen LogP contribution in [0, 0.1) is 0 Å². The molecule has 1 aromatic heterocycles. The lowest BCUT2D eigenvalue weighted by molar-refractivity contribution is 0.598. The number of H-pyrrole nitrogens is 1. The lowest BCUT2D eigenvalue weighted by atomic mass is 10.0. The highest BCUT2D eigenvalue weighted by atomic mass is 32.2. The third kappa shape index (κ3) is 3.88. The normalized spacial score (nSPS) is 12.2. The number of primary sulfonamides is 1. The number of fused-ring (bicyclic) bond motifs is 1. The number of benzene rings is 3. The number of nitrogens with two attached hydrogens (primary N) is 1. The van der Waals surface area contributed by atoms with Crippen LogP contribution in [0.4, 0.5) is 5.69 Å². The van der Waals surface area contributed by atoms with Crippen LogP contribution in [-0.4, -0.2) is 21.8 Å². The van der Waals surface area contributed by atoms with E-state index in [1.165, 1.54) is 36.4 Å². The Morgan fingerprint density at radius 3 is 2.34 bits per heavy atom. The van der Waals surface area contributed by atoms with E-state index in [9.17, 15) is 16.8 Å². The minimum atomic E-state index is -4.08. The van der Waals surface area contributed by atoms with E-state index in [1.807, 2.05) is 36.5 Å². The van der Waals surface area contributed by atoms with E-state index >= 15 is 0 Å². The lowest BCUT2D eigenvalue weighted by Crippen LogP contribution is -2.18. The molecule has 1 heterocycles. The molecule has 4 aromatic rings. The van der Waals surface area contributed by atoms with Crippen molar-refractivity contribution >= 4 is 36.6 Å². The number of para-hydroxylation sites is 1. The molecule has 0 spiro atoms. The maximum absolute atomic E-state index is 12.9. The highest BCUT2D eigenvalue weighted by molar-refractivity contribution is 7.93. The van der Waals surface area contributed by atoms with Crippen LogP contribution in [0.5, 0.6) is 0 Å². The molecular formula is C20H17N3O4S2. The zero-order chi connectivity index (χ0) is 20.6. The Hall–Kier alpha value is -3.14. The van der Waals surface area contributed by atoms with Crippen LogP contribution in [-0.2, 0) is 20.0 Å². The Balaban J connectivity index is 1.73. The molecule has 0 unspecified atom stereocenters. The Morgan fingerprint density at radius 2 is 1.55 bits per heavy atom. The second kappa shape index (κ2) is 7.03. The first-order chi connectivity index (χ1) is 13.7. The van der Waals surface area contributed by atoms with Crippen molar-refractivity contribution in [2.24, 2.45) is 5.14 Å². The number of aromatic amines is 1. The molecule has 0 saturated carbocycles. The van der Waals surface area contributed by atoms with E-state index in [0.717, 1.165) is 22.0 Å². The molecule has 0 aliphatic carbocycles. The highest BCUT2D eigenvalue weighted by Crippen LogP contribution is 2.28. The van der Waals surface area contributed by atoms with Gasteiger partial charge in [0, 0.05) is 11.7 Å². The molecule has 0 aliphatic heterocycles. The number of sulfonamides is 2.